The van der Waals surface area contributed by atoms with Gasteiger partial charge in [0.2, 0.25) is 0 Å². The standard InChI is InChI=1S/C38H70N2O2/c1-2-3-4-5-6-7-8-9-10-11-12-13-14-15-16-17-18-19-20-21-22-23-24-25-26-27-28-29-30-35-39-38(42)40-36-31-33-37(41)34-32-36/h31-34,41H,2-30,35H2,1H3,(H2,39,40,42). The van der Waals surface area contributed by atoms with Crippen LogP contribution in [0.5, 0.6) is 5.75 Å². The first-order valence-electron chi connectivity index (χ1n) is 18.6. The van der Waals surface area contributed by atoms with E-state index >= 15 is 0 Å². The molecule has 1 aromatic rings. The summed E-state index contributed by atoms with van der Waals surface area (Å²) in [5, 5.41) is 15.0. The molecule has 0 aliphatic carbocycles. The van der Waals surface area contributed by atoms with E-state index in [1.54, 1.807) is 24.3 Å². The number of hydrogen-bond donors (Lipinski definition) is 3. The molecule has 0 aromatic heterocycles. The van der Waals surface area contributed by atoms with Crippen molar-refractivity contribution < 1.29 is 9.90 Å². The lowest BCUT2D eigenvalue weighted by molar-refractivity contribution is 0.252. The van der Waals surface area contributed by atoms with Crippen LogP contribution in [0.3, 0.4) is 0 Å². The zero-order valence-corrected chi connectivity index (χ0v) is 27.9. The van der Waals surface area contributed by atoms with E-state index in [1.807, 2.05) is 0 Å². The number of carbonyl (C=O) groups is 1. The summed E-state index contributed by atoms with van der Waals surface area (Å²) in [4.78, 5) is 11.9. The summed E-state index contributed by atoms with van der Waals surface area (Å²) < 4.78 is 0. The van der Waals surface area contributed by atoms with Crippen LogP contribution in [0.15, 0.2) is 24.3 Å². The predicted molar refractivity (Wildman–Crippen MR) is 185 cm³/mol. The summed E-state index contributed by atoms with van der Waals surface area (Å²) in [7, 11) is 0. The van der Waals surface area contributed by atoms with E-state index < -0.39 is 0 Å². The minimum absolute atomic E-state index is 0.180. The number of amides is 2. The summed E-state index contributed by atoms with van der Waals surface area (Å²) in [5.74, 6) is 0.201. The zero-order valence-electron chi connectivity index (χ0n) is 27.9. The Morgan fingerprint density at radius 3 is 1.07 bits per heavy atom. The molecule has 244 valence electrons. The molecule has 0 aliphatic heterocycles. The van der Waals surface area contributed by atoms with Gasteiger partial charge in [0.1, 0.15) is 5.75 Å². The first kappa shape index (κ1) is 38.3. The van der Waals surface area contributed by atoms with E-state index in [0.29, 0.717) is 12.2 Å². The average Bonchev–Trinajstić information content (AvgIpc) is 2.99. The Balaban J connectivity index is 1.66. The third kappa shape index (κ3) is 27.1. The van der Waals surface area contributed by atoms with Crippen LogP contribution in [0, 0.1) is 0 Å². The number of carbonyl (C=O) groups excluding carboxylic acids is 1. The van der Waals surface area contributed by atoms with E-state index in [4.69, 9.17) is 0 Å². The average molecular weight is 587 g/mol. The Bertz CT molecular complexity index is 691. The Morgan fingerprint density at radius 1 is 0.476 bits per heavy atom. The second-order valence-electron chi connectivity index (χ2n) is 12.8. The van der Waals surface area contributed by atoms with Crippen LogP contribution in [0.4, 0.5) is 10.5 Å². The van der Waals surface area contributed by atoms with Gasteiger partial charge in [0.05, 0.1) is 0 Å². The van der Waals surface area contributed by atoms with Crippen LogP contribution in [0.25, 0.3) is 0 Å². The molecule has 3 N–H and O–H groups in total. The van der Waals surface area contributed by atoms with Crippen molar-refractivity contribution >= 4 is 11.7 Å². The van der Waals surface area contributed by atoms with Gasteiger partial charge in [-0.3, -0.25) is 0 Å². The molecule has 0 unspecified atom stereocenters. The topological polar surface area (TPSA) is 61.4 Å². The Morgan fingerprint density at radius 2 is 0.762 bits per heavy atom. The van der Waals surface area contributed by atoms with E-state index in [-0.39, 0.29) is 11.8 Å². The largest absolute Gasteiger partial charge is 0.508 e. The second kappa shape index (κ2) is 30.7. The molecular weight excluding hydrogens is 516 g/mol. The molecule has 0 heterocycles. The van der Waals surface area contributed by atoms with Gasteiger partial charge in [0, 0.05) is 12.2 Å². The number of nitrogens with one attached hydrogen (secondary N) is 2. The van der Waals surface area contributed by atoms with E-state index in [1.165, 1.54) is 180 Å². The molecule has 0 spiro atoms. The molecule has 4 nitrogen and oxygen atoms in total. The lowest BCUT2D eigenvalue weighted by atomic mass is 10.0. The molecule has 1 aromatic carbocycles. The van der Waals surface area contributed by atoms with Crippen molar-refractivity contribution in [3.63, 3.8) is 0 Å². The maximum absolute atomic E-state index is 11.9. The summed E-state index contributed by atoms with van der Waals surface area (Å²) in [6.45, 7) is 3.01. The molecule has 0 fully saturated rings. The fourth-order valence-corrected chi connectivity index (χ4v) is 5.89. The second-order valence-corrected chi connectivity index (χ2v) is 12.8. The van der Waals surface area contributed by atoms with E-state index in [0.717, 1.165) is 6.42 Å². The molecule has 0 saturated heterocycles. The van der Waals surface area contributed by atoms with Crippen LogP contribution >= 0.6 is 0 Å². The normalized spacial score (nSPS) is 11.2. The summed E-state index contributed by atoms with van der Waals surface area (Å²) >= 11 is 0. The number of aromatic hydroxyl groups is 1. The lowest BCUT2D eigenvalue weighted by Gasteiger charge is -2.07. The summed E-state index contributed by atoms with van der Waals surface area (Å²) in [6.07, 6.45) is 40.9. The van der Waals surface area contributed by atoms with Gasteiger partial charge in [-0.15, -0.1) is 0 Å². The molecule has 0 radical (unpaired) electrons. The molecule has 2 amide bonds. The highest BCUT2D eigenvalue weighted by molar-refractivity contribution is 5.89. The maximum Gasteiger partial charge on any atom is 0.319 e. The monoisotopic (exact) mass is 587 g/mol. The van der Waals surface area contributed by atoms with Crippen molar-refractivity contribution in [3.8, 4) is 5.75 Å². The first-order chi connectivity index (χ1) is 20.7. The molecule has 42 heavy (non-hydrogen) atoms. The minimum atomic E-state index is -0.180. The van der Waals surface area contributed by atoms with Crippen molar-refractivity contribution in [2.45, 2.75) is 193 Å². The molecule has 0 bridgehead atoms. The number of phenolic OH excluding ortho intramolecular Hbond substituents is 1. The molecule has 0 aliphatic rings. The number of unbranched alkanes of at least 4 members (excludes halogenated alkanes) is 28. The maximum atomic E-state index is 11.9. The smallest absolute Gasteiger partial charge is 0.319 e. The van der Waals surface area contributed by atoms with Crippen molar-refractivity contribution in [2.75, 3.05) is 11.9 Å². The van der Waals surface area contributed by atoms with Crippen LogP contribution in [-0.4, -0.2) is 17.7 Å². The highest BCUT2D eigenvalue weighted by Crippen LogP contribution is 2.17. The number of rotatable bonds is 31. The van der Waals surface area contributed by atoms with Crippen LogP contribution in [-0.2, 0) is 0 Å². The zero-order chi connectivity index (χ0) is 30.2. The van der Waals surface area contributed by atoms with Crippen molar-refractivity contribution in [1.29, 1.82) is 0 Å². The SMILES string of the molecule is CCCCCCCCCCCCCCCCCCCCCCCCCCCCCCCNC(=O)Nc1ccc(O)cc1. The van der Waals surface area contributed by atoms with Crippen LogP contribution < -0.4 is 10.6 Å². The molecule has 1 rings (SSSR count). The predicted octanol–water partition coefficient (Wildman–Crippen LogP) is 12.8. The van der Waals surface area contributed by atoms with Crippen LogP contribution in [0.2, 0.25) is 0 Å². The number of anilines is 1. The van der Waals surface area contributed by atoms with Gasteiger partial charge in [-0.05, 0) is 30.7 Å². The molecule has 4 heteroatoms. The fraction of sp³-hybridized carbons (Fsp3) is 0.816. The Kier molecular flexibility index (Phi) is 28.0. The van der Waals surface area contributed by atoms with E-state index in [9.17, 15) is 9.90 Å². The Labute approximate surface area is 261 Å². The van der Waals surface area contributed by atoms with Gasteiger partial charge in [0.15, 0.2) is 0 Å². The highest BCUT2D eigenvalue weighted by atomic mass is 16.3. The fourth-order valence-electron chi connectivity index (χ4n) is 5.89. The Hall–Kier alpha value is -1.71. The van der Waals surface area contributed by atoms with Crippen molar-refractivity contribution in [1.82, 2.24) is 5.32 Å². The third-order valence-corrected chi connectivity index (χ3v) is 8.69. The van der Waals surface area contributed by atoms with Gasteiger partial charge < -0.3 is 15.7 Å². The summed E-state index contributed by atoms with van der Waals surface area (Å²) in [5.41, 5.74) is 0.691. The van der Waals surface area contributed by atoms with Gasteiger partial charge in [-0.1, -0.05) is 187 Å². The van der Waals surface area contributed by atoms with Crippen LogP contribution in [0.1, 0.15) is 193 Å². The number of phenols is 1. The van der Waals surface area contributed by atoms with E-state index in [2.05, 4.69) is 17.6 Å². The third-order valence-electron chi connectivity index (χ3n) is 8.69. The van der Waals surface area contributed by atoms with Gasteiger partial charge in [-0.25, -0.2) is 4.79 Å². The number of urea groups is 1. The number of benzene rings is 1. The van der Waals surface area contributed by atoms with Crippen molar-refractivity contribution in [2.24, 2.45) is 0 Å². The molecular formula is C38H70N2O2. The quantitative estimate of drug-likeness (QED) is 0.0598. The van der Waals surface area contributed by atoms with Crippen molar-refractivity contribution in [3.05, 3.63) is 24.3 Å². The molecule has 0 atom stereocenters. The number of hydrogen-bond acceptors (Lipinski definition) is 2. The minimum Gasteiger partial charge on any atom is -0.508 e. The summed E-state index contributed by atoms with van der Waals surface area (Å²) in [6, 6.07) is 6.34. The van der Waals surface area contributed by atoms with Gasteiger partial charge in [-0.2, -0.15) is 0 Å². The van der Waals surface area contributed by atoms with Gasteiger partial charge >= 0.3 is 6.03 Å². The highest BCUT2D eigenvalue weighted by Gasteiger charge is 2.01. The molecule has 0 saturated carbocycles. The lowest BCUT2D eigenvalue weighted by Crippen LogP contribution is -2.29. The van der Waals surface area contributed by atoms with Gasteiger partial charge in [0.25, 0.3) is 0 Å². The first-order valence-corrected chi connectivity index (χ1v) is 18.6.